The Hall–Kier alpha value is -2.07. The van der Waals surface area contributed by atoms with Gasteiger partial charge in [0.2, 0.25) is 0 Å². The van der Waals surface area contributed by atoms with Gasteiger partial charge in [-0.1, -0.05) is 11.6 Å². The number of alkyl halides is 3. The minimum atomic E-state index is -4.58. The summed E-state index contributed by atoms with van der Waals surface area (Å²) in [6, 6.07) is 3.53. The third-order valence-electron chi connectivity index (χ3n) is 2.05. The summed E-state index contributed by atoms with van der Waals surface area (Å²) in [5.74, 6) is -0.209. The van der Waals surface area contributed by atoms with Crippen LogP contribution in [0.4, 0.5) is 13.2 Å². The van der Waals surface area contributed by atoms with Crippen LogP contribution in [0.3, 0.4) is 0 Å². The molecular formula is C10H4ClF3N4. The Morgan fingerprint density at radius 3 is 2.56 bits per heavy atom. The molecule has 0 aliphatic carbocycles. The highest BCUT2D eigenvalue weighted by molar-refractivity contribution is 6.30. The van der Waals surface area contributed by atoms with Gasteiger partial charge in [0.25, 0.3) is 0 Å². The van der Waals surface area contributed by atoms with Crippen molar-refractivity contribution in [2.24, 2.45) is 0 Å². The van der Waals surface area contributed by atoms with Crippen molar-refractivity contribution in [3.63, 3.8) is 0 Å². The smallest absolute Gasteiger partial charge is 0.223 e. The van der Waals surface area contributed by atoms with Gasteiger partial charge < -0.3 is 0 Å². The Morgan fingerprint density at radius 2 is 2.06 bits per heavy atom. The molecule has 0 fully saturated rings. The lowest BCUT2D eigenvalue weighted by molar-refractivity contribution is -0.141. The number of hydrogen-bond acceptors (Lipinski definition) is 3. The molecule has 2 aromatic rings. The van der Waals surface area contributed by atoms with E-state index in [1.54, 1.807) is 6.07 Å². The van der Waals surface area contributed by atoms with Crippen molar-refractivity contribution in [2.75, 3.05) is 0 Å². The first kappa shape index (κ1) is 12.4. The van der Waals surface area contributed by atoms with E-state index in [4.69, 9.17) is 16.9 Å². The van der Waals surface area contributed by atoms with Crippen molar-refractivity contribution in [2.45, 2.75) is 6.18 Å². The molecule has 8 heteroatoms. The molecule has 0 saturated carbocycles. The predicted octanol–water partition coefficient (Wildman–Crippen LogP) is 2.81. The highest BCUT2D eigenvalue weighted by Gasteiger charge is 2.33. The summed E-state index contributed by atoms with van der Waals surface area (Å²) >= 11 is 5.62. The SMILES string of the molecule is N#Cc1ccc(C(F)(F)F)nc1-n1cc(Cl)cn1. The van der Waals surface area contributed by atoms with Crippen molar-refractivity contribution in [3.05, 3.63) is 40.8 Å². The van der Waals surface area contributed by atoms with Crippen molar-refractivity contribution in [1.82, 2.24) is 14.8 Å². The van der Waals surface area contributed by atoms with E-state index < -0.39 is 11.9 Å². The lowest BCUT2D eigenvalue weighted by Gasteiger charge is -2.08. The Kier molecular flexibility index (Phi) is 2.97. The summed E-state index contributed by atoms with van der Waals surface area (Å²) in [6.45, 7) is 0. The van der Waals surface area contributed by atoms with Gasteiger partial charge in [-0.3, -0.25) is 0 Å². The minimum absolute atomic E-state index is 0.0252. The molecule has 2 rings (SSSR count). The standard InChI is InChI=1S/C10H4ClF3N4/c11-7-4-16-18(5-7)9-6(3-15)1-2-8(17-9)10(12,13)14/h1-2,4-5H. The molecule has 2 heterocycles. The van der Waals surface area contributed by atoms with Crippen LogP contribution in [0.5, 0.6) is 0 Å². The van der Waals surface area contributed by atoms with Gasteiger partial charge in [0, 0.05) is 0 Å². The topological polar surface area (TPSA) is 54.5 Å². The normalized spacial score (nSPS) is 11.3. The van der Waals surface area contributed by atoms with Gasteiger partial charge in [-0.2, -0.15) is 23.5 Å². The van der Waals surface area contributed by atoms with Crippen LogP contribution in [-0.2, 0) is 6.18 Å². The quantitative estimate of drug-likeness (QED) is 0.802. The molecule has 0 bridgehead atoms. The number of hydrogen-bond donors (Lipinski definition) is 0. The average molecular weight is 273 g/mol. The molecule has 0 unspecified atom stereocenters. The maximum Gasteiger partial charge on any atom is 0.433 e. The zero-order valence-corrected chi connectivity index (χ0v) is 9.37. The second-order valence-corrected chi connectivity index (χ2v) is 3.72. The molecule has 0 aliphatic rings. The first-order valence-corrected chi connectivity index (χ1v) is 4.98. The Bertz CT molecular complexity index is 627. The van der Waals surface area contributed by atoms with Gasteiger partial charge in [0.15, 0.2) is 5.82 Å². The molecule has 2 aromatic heterocycles. The van der Waals surface area contributed by atoms with Crippen molar-refractivity contribution in [3.8, 4) is 11.9 Å². The number of aromatic nitrogens is 3. The molecule has 0 atom stereocenters. The van der Waals surface area contributed by atoms with Gasteiger partial charge in [0.05, 0.1) is 23.0 Å². The molecule has 0 aromatic carbocycles. The van der Waals surface area contributed by atoms with E-state index in [2.05, 4.69) is 10.1 Å². The summed E-state index contributed by atoms with van der Waals surface area (Å²) in [6.07, 6.45) is -2.07. The van der Waals surface area contributed by atoms with Crippen LogP contribution in [0.25, 0.3) is 5.82 Å². The van der Waals surface area contributed by atoms with Gasteiger partial charge >= 0.3 is 6.18 Å². The summed E-state index contributed by atoms with van der Waals surface area (Å²) in [4.78, 5) is 3.39. The summed E-state index contributed by atoms with van der Waals surface area (Å²) in [5.41, 5.74) is -1.12. The molecular weight excluding hydrogens is 269 g/mol. The van der Waals surface area contributed by atoms with E-state index in [1.807, 2.05) is 0 Å². The third-order valence-corrected chi connectivity index (χ3v) is 2.25. The first-order valence-electron chi connectivity index (χ1n) is 4.60. The number of halogens is 4. The fourth-order valence-electron chi connectivity index (χ4n) is 1.28. The third kappa shape index (κ3) is 2.28. The van der Waals surface area contributed by atoms with Crippen LogP contribution in [0.2, 0.25) is 5.02 Å². The number of rotatable bonds is 1. The number of nitriles is 1. The molecule has 0 radical (unpaired) electrons. The van der Waals surface area contributed by atoms with E-state index in [0.717, 1.165) is 16.8 Å². The van der Waals surface area contributed by atoms with E-state index in [-0.39, 0.29) is 16.4 Å². The van der Waals surface area contributed by atoms with Gasteiger partial charge in [0.1, 0.15) is 11.8 Å². The largest absolute Gasteiger partial charge is 0.433 e. The Balaban J connectivity index is 2.61. The lowest BCUT2D eigenvalue weighted by atomic mass is 10.2. The number of pyridine rings is 1. The molecule has 92 valence electrons. The molecule has 0 spiro atoms. The van der Waals surface area contributed by atoms with Crippen molar-refractivity contribution >= 4 is 11.6 Å². The summed E-state index contributed by atoms with van der Waals surface area (Å²) in [5, 5.41) is 12.8. The van der Waals surface area contributed by atoms with Gasteiger partial charge in [-0.05, 0) is 12.1 Å². The second kappa shape index (κ2) is 4.31. The highest BCUT2D eigenvalue weighted by atomic mass is 35.5. The molecule has 0 N–H and O–H groups in total. The van der Waals surface area contributed by atoms with Crippen molar-refractivity contribution in [1.29, 1.82) is 5.26 Å². The van der Waals surface area contributed by atoms with Crippen LogP contribution in [0.15, 0.2) is 24.5 Å². The molecule has 4 nitrogen and oxygen atoms in total. The Labute approximate surface area is 104 Å². The van der Waals surface area contributed by atoms with E-state index in [0.29, 0.717) is 0 Å². The summed E-state index contributed by atoms with van der Waals surface area (Å²) < 4.78 is 38.6. The van der Waals surface area contributed by atoms with E-state index >= 15 is 0 Å². The fourth-order valence-corrected chi connectivity index (χ4v) is 1.42. The predicted molar refractivity (Wildman–Crippen MR) is 56.1 cm³/mol. The summed E-state index contributed by atoms with van der Waals surface area (Å²) in [7, 11) is 0. The van der Waals surface area contributed by atoms with Crippen molar-refractivity contribution < 1.29 is 13.2 Å². The van der Waals surface area contributed by atoms with Crippen LogP contribution in [-0.4, -0.2) is 14.8 Å². The van der Waals surface area contributed by atoms with Crippen LogP contribution in [0, 0.1) is 11.3 Å². The van der Waals surface area contributed by atoms with Gasteiger partial charge in [-0.25, -0.2) is 9.67 Å². The van der Waals surface area contributed by atoms with E-state index in [9.17, 15) is 13.2 Å². The highest BCUT2D eigenvalue weighted by Crippen LogP contribution is 2.29. The fraction of sp³-hybridized carbons (Fsp3) is 0.100. The molecule has 18 heavy (non-hydrogen) atoms. The van der Waals surface area contributed by atoms with Crippen LogP contribution >= 0.6 is 11.6 Å². The molecule has 0 aliphatic heterocycles. The van der Waals surface area contributed by atoms with E-state index in [1.165, 1.54) is 12.4 Å². The second-order valence-electron chi connectivity index (χ2n) is 3.28. The average Bonchev–Trinajstić information content (AvgIpc) is 2.73. The zero-order chi connectivity index (χ0) is 13.3. The number of nitrogens with zero attached hydrogens (tertiary/aromatic N) is 4. The Morgan fingerprint density at radius 1 is 1.33 bits per heavy atom. The maximum atomic E-state index is 12.5. The molecule has 0 saturated heterocycles. The van der Waals surface area contributed by atoms with Gasteiger partial charge in [-0.15, -0.1) is 0 Å². The maximum absolute atomic E-state index is 12.5. The zero-order valence-electron chi connectivity index (χ0n) is 8.61. The minimum Gasteiger partial charge on any atom is -0.223 e. The van der Waals surface area contributed by atoms with Crippen LogP contribution in [0.1, 0.15) is 11.3 Å². The molecule has 0 amide bonds. The first-order chi connectivity index (χ1) is 8.41. The lowest BCUT2D eigenvalue weighted by Crippen LogP contribution is -2.11. The van der Waals surface area contributed by atoms with Crippen LogP contribution < -0.4 is 0 Å². The monoisotopic (exact) mass is 272 g/mol.